The highest BCUT2D eigenvalue weighted by Crippen LogP contribution is 2.37. The summed E-state index contributed by atoms with van der Waals surface area (Å²) in [5, 5.41) is 12.0. The highest BCUT2D eigenvalue weighted by Gasteiger charge is 2.41. The normalized spacial score (nSPS) is 16.4. The van der Waals surface area contributed by atoms with Gasteiger partial charge in [-0.2, -0.15) is 0 Å². The van der Waals surface area contributed by atoms with Crippen LogP contribution in [0.15, 0.2) is 0 Å². The number of urea groups is 1. The molecule has 1 rings (SSSR count). The third-order valence-electron chi connectivity index (χ3n) is 4.01. The fourth-order valence-corrected chi connectivity index (χ4v) is 2.66. The molecule has 1 aliphatic carbocycles. The Balaban J connectivity index is 2.59. The van der Waals surface area contributed by atoms with Crippen LogP contribution in [0.3, 0.4) is 0 Å². The smallest absolute Gasteiger partial charge is 0.317 e. The third kappa shape index (κ3) is 4.91. The molecular formula is C14H25N3O4. The van der Waals surface area contributed by atoms with Gasteiger partial charge in [0.25, 0.3) is 0 Å². The van der Waals surface area contributed by atoms with Gasteiger partial charge < -0.3 is 21.1 Å². The van der Waals surface area contributed by atoms with E-state index in [1.165, 1.54) is 4.90 Å². The van der Waals surface area contributed by atoms with Crippen molar-refractivity contribution in [2.75, 3.05) is 19.6 Å². The van der Waals surface area contributed by atoms with E-state index >= 15 is 0 Å². The van der Waals surface area contributed by atoms with E-state index < -0.39 is 23.3 Å². The Morgan fingerprint density at radius 1 is 1.29 bits per heavy atom. The number of hydrogen-bond donors (Lipinski definition) is 3. The minimum Gasteiger partial charge on any atom is -0.481 e. The second-order valence-corrected chi connectivity index (χ2v) is 5.69. The molecule has 1 fully saturated rings. The van der Waals surface area contributed by atoms with Crippen LogP contribution in [0.5, 0.6) is 0 Å². The first kappa shape index (κ1) is 17.3. The lowest BCUT2D eigenvalue weighted by Crippen LogP contribution is -2.49. The summed E-state index contributed by atoms with van der Waals surface area (Å²) in [6, 6.07) is -0.422. The quantitative estimate of drug-likeness (QED) is 0.618. The number of nitrogens with zero attached hydrogens (tertiary/aromatic N) is 1. The average molecular weight is 299 g/mol. The number of primary amides is 1. The van der Waals surface area contributed by atoms with Gasteiger partial charge >= 0.3 is 12.0 Å². The van der Waals surface area contributed by atoms with Crippen LogP contribution in [-0.2, 0) is 9.59 Å². The van der Waals surface area contributed by atoms with Gasteiger partial charge in [0, 0.05) is 13.1 Å². The first-order chi connectivity index (χ1) is 9.91. The van der Waals surface area contributed by atoms with Crippen molar-refractivity contribution in [1.29, 1.82) is 0 Å². The molecule has 1 aliphatic rings. The Labute approximate surface area is 124 Å². The van der Waals surface area contributed by atoms with Gasteiger partial charge in [-0.25, -0.2) is 4.79 Å². The zero-order chi connectivity index (χ0) is 15.9. The summed E-state index contributed by atoms with van der Waals surface area (Å²) in [4.78, 5) is 35.9. The molecule has 21 heavy (non-hydrogen) atoms. The topological polar surface area (TPSA) is 113 Å². The van der Waals surface area contributed by atoms with Crippen molar-refractivity contribution >= 4 is 17.9 Å². The lowest BCUT2D eigenvalue weighted by atomic mass is 9.86. The molecule has 0 aromatic rings. The number of aliphatic carboxylic acids is 1. The number of rotatable bonds is 8. The van der Waals surface area contributed by atoms with E-state index in [4.69, 9.17) is 5.73 Å². The minimum absolute atomic E-state index is 0.0998. The Bertz CT molecular complexity index is 392. The lowest BCUT2D eigenvalue weighted by molar-refractivity contribution is -0.148. The van der Waals surface area contributed by atoms with Crippen molar-refractivity contribution in [1.82, 2.24) is 10.2 Å². The van der Waals surface area contributed by atoms with E-state index in [0.29, 0.717) is 19.4 Å². The molecule has 0 unspecified atom stereocenters. The average Bonchev–Trinajstić information content (AvgIpc) is 2.90. The lowest BCUT2D eigenvalue weighted by Gasteiger charge is -2.27. The molecular weight excluding hydrogens is 274 g/mol. The van der Waals surface area contributed by atoms with E-state index in [2.05, 4.69) is 5.32 Å². The predicted octanol–water partition coefficient (Wildman–Crippen LogP) is 0.928. The van der Waals surface area contributed by atoms with Crippen LogP contribution in [0.25, 0.3) is 0 Å². The summed E-state index contributed by atoms with van der Waals surface area (Å²) in [6.45, 7) is 2.37. The number of carbonyl (C=O) groups excluding carboxylic acids is 2. The maximum atomic E-state index is 12.1. The Morgan fingerprint density at radius 3 is 2.38 bits per heavy atom. The molecule has 3 amide bonds. The highest BCUT2D eigenvalue weighted by atomic mass is 16.4. The maximum Gasteiger partial charge on any atom is 0.317 e. The summed E-state index contributed by atoms with van der Waals surface area (Å²) in [6.07, 6.45) is 4.54. The molecule has 120 valence electrons. The molecule has 4 N–H and O–H groups in total. The highest BCUT2D eigenvalue weighted by molar-refractivity contribution is 5.83. The van der Waals surface area contributed by atoms with Gasteiger partial charge in [-0.15, -0.1) is 0 Å². The molecule has 0 aromatic heterocycles. The molecule has 7 heteroatoms. The van der Waals surface area contributed by atoms with Crippen molar-refractivity contribution in [2.45, 2.75) is 45.4 Å². The van der Waals surface area contributed by atoms with Gasteiger partial charge in [0.1, 0.15) is 6.54 Å². The van der Waals surface area contributed by atoms with E-state index in [1.807, 2.05) is 6.92 Å². The van der Waals surface area contributed by atoms with Crippen molar-refractivity contribution < 1.29 is 19.5 Å². The van der Waals surface area contributed by atoms with Gasteiger partial charge in [-0.3, -0.25) is 9.59 Å². The molecule has 0 radical (unpaired) electrons. The van der Waals surface area contributed by atoms with Crippen LogP contribution in [0, 0.1) is 5.41 Å². The fraction of sp³-hybridized carbons (Fsp3) is 0.786. The third-order valence-corrected chi connectivity index (χ3v) is 4.01. The second-order valence-electron chi connectivity index (χ2n) is 5.69. The molecule has 1 saturated carbocycles. The van der Waals surface area contributed by atoms with Crippen molar-refractivity contribution in [3.63, 3.8) is 0 Å². The summed E-state index contributed by atoms with van der Waals surface area (Å²) in [5.74, 6) is -1.44. The number of unbranched alkanes of at least 4 members (excludes halogenated alkanes) is 1. The number of carboxylic acids is 1. The minimum atomic E-state index is -0.865. The largest absolute Gasteiger partial charge is 0.481 e. The van der Waals surface area contributed by atoms with E-state index in [9.17, 15) is 19.5 Å². The molecule has 0 spiro atoms. The predicted molar refractivity (Wildman–Crippen MR) is 77.6 cm³/mol. The van der Waals surface area contributed by atoms with Gasteiger partial charge in [0.2, 0.25) is 5.91 Å². The maximum absolute atomic E-state index is 12.1. The SMILES string of the molecule is CCCCN(CC(N)=O)C(=O)NCC1(C(=O)O)CCCC1. The number of nitrogens with one attached hydrogen (secondary N) is 1. The molecule has 0 aromatic carbocycles. The molecule has 0 atom stereocenters. The Morgan fingerprint density at radius 2 is 1.90 bits per heavy atom. The zero-order valence-corrected chi connectivity index (χ0v) is 12.6. The van der Waals surface area contributed by atoms with E-state index in [1.54, 1.807) is 0 Å². The first-order valence-corrected chi connectivity index (χ1v) is 7.46. The summed E-state index contributed by atoms with van der Waals surface area (Å²) >= 11 is 0. The molecule has 0 bridgehead atoms. The van der Waals surface area contributed by atoms with Gasteiger partial charge in [-0.1, -0.05) is 26.2 Å². The summed E-state index contributed by atoms with van der Waals surface area (Å²) in [7, 11) is 0. The van der Waals surface area contributed by atoms with Crippen molar-refractivity contribution in [3.05, 3.63) is 0 Å². The Kier molecular flexibility index (Phi) is 6.45. The molecule has 0 aliphatic heterocycles. The van der Waals surface area contributed by atoms with Crippen LogP contribution in [-0.4, -0.2) is 47.5 Å². The number of carboxylic acid groups (broad SMARTS) is 1. The van der Waals surface area contributed by atoms with Crippen LogP contribution in [0.2, 0.25) is 0 Å². The Hall–Kier alpha value is -1.79. The van der Waals surface area contributed by atoms with Gasteiger partial charge in [-0.05, 0) is 19.3 Å². The number of carbonyl (C=O) groups is 3. The van der Waals surface area contributed by atoms with E-state index in [-0.39, 0.29) is 13.1 Å². The van der Waals surface area contributed by atoms with Crippen molar-refractivity contribution in [2.24, 2.45) is 11.1 Å². The first-order valence-electron chi connectivity index (χ1n) is 7.46. The van der Waals surface area contributed by atoms with Crippen molar-refractivity contribution in [3.8, 4) is 0 Å². The number of hydrogen-bond acceptors (Lipinski definition) is 3. The van der Waals surface area contributed by atoms with Gasteiger partial charge in [0.05, 0.1) is 5.41 Å². The standard InChI is InChI=1S/C14H25N3O4/c1-2-3-8-17(9-11(15)18)13(21)16-10-14(12(19)20)6-4-5-7-14/h2-10H2,1H3,(H2,15,18)(H,16,21)(H,19,20). The molecule has 0 saturated heterocycles. The zero-order valence-electron chi connectivity index (χ0n) is 12.6. The monoisotopic (exact) mass is 299 g/mol. The van der Waals surface area contributed by atoms with Crippen LogP contribution in [0.1, 0.15) is 45.4 Å². The molecule has 0 heterocycles. The molecule has 7 nitrogen and oxygen atoms in total. The van der Waals surface area contributed by atoms with Crippen LogP contribution < -0.4 is 11.1 Å². The number of nitrogens with two attached hydrogens (primary N) is 1. The number of amides is 3. The van der Waals surface area contributed by atoms with Gasteiger partial charge in [0.15, 0.2) is 0 Å². The van der Waals surface area contributed by atoms with Crippen LogP contribution >= 0.6 is 0 Å². The second kappa shape index (κ2) is 7.85. The van der Waals surface area contributed by atoms with E-state index in [0.717, 1.165) is 25.7 Å². The summed E-state index contributed by atoms with van der Waals surface area (Å²) in [5.41, 5.74) is 4.28. The van der Waals surface area contributed by atoms with Crippen LogP contribution in [0.4, 0.5) is 4.79 Å². The fourth-order valence-electron chi connectivity index (χ4n) is 2.66. The summed E-state index contributed by atoms with van der Waals surface area (Å²) < 4.78 is 0.